The number of hydrogen-bond acceptors (Lipinski definition) is 4. The van der Waals surface area contributed by atoms with E-state index >= 15 is 0 Å². The Morgan fingerprint density at radius 2 is 2.04 bits per heavy atom. The maximum Gasteiger partial charge on any atom is 0.423 e. The molecule has 0 unspecified atom stereocenters. The number of alkyl halides is 1. The van der Waals surface area contributed by atoms with E-state index in [1.54, 1.807) is 18.3 Å². The summed E-state index contributed by atoms with van der Waals surface area (Å²) >= 11 is 3.31. The first-order valence-corrected chi connectivity index (χ1v) is 9.84. The number of fused-ring (bicyclic) bond motifs is 1. The normalized spacial score (nSPS) is 15.1. The average Bonchev–Trinajstić information content (AvgIpc) is 2.61. The molecule has 132 valence electrons. The zero-order valence-electron chi connectivity index (χ0n) is 14.2. The Balaban J connectivity index is 0.000000368. The van der Waals surface area contributed by atoms with Crippen LogP contribution in [0.25, 0.3) is 11.0 Å². The van der Waals surface area contributed by atoms with Gasteiger partial charge in [-0.2, -0.15) is 0 Å². The molecule has 0 N–H and O–H groups in total. The molecule has 1 aliphatic rings. The summed E-state index contributed by atoms with van der Waals surface area (Å²) in [6.07, 6.45) is 10.1. The van der Waals surface area contributed by atoms with Crippen LogP contribution >= 0.6 is 15.9 Å². The number of unbranched alkanes of at least 4 members (excludes halogenated alkanes) is 1. The summed E-state index contributed by atoms with van der Waals surface area (Å²) in [4.78, 5) is 27.7. The Bertz CT molecular complexity index is 746. The first-order valence-electron chi connectivity index (χ1n) is 8.72. The predicted octanol–water partition coefficient (Wildman–Crippen LogP) is 4.11. The highest BCUT2D eigenvalue weighted by Gasteiger charge is 2.17. The Morgan fingerprint density at radius 3 is 2.67 bits per heavy atom. The third kappa shape index (κ3) is 5.03. The molecule has 0 radical (unpaired) electrons. The number of rotatable bonds is 4. The smallest absolute Gasteiger partial charge is 0.372 e. The summed E-state index contributed by atoms with van der Waals surface area (Å²) in [7, 11) is 0. The Hall–Kier alpha value is -1.43. The van der Waals surface area contributed by atoms with E-state index in [1.165, 1.54) is 36.7 Å². The van der Waals surface area contributed by atoms with Crippen molar-refractivity contribution in [3.63, 3.8) is 0 Å². The van der Waals surface area contributed by atoms with Crippen LogP contribution in [0.5, 0.6) is 0 Å². The number of aromatic nitrogens is 2. The van der Waals surface area contributed by atoms with Gasteiger partial charge in [0.05, 0.1) is 0 Å². The van der Waals surface area contributed by atoms with Crippen LogP contribution in [0, 0.1) is 5.92 Å². The lowest BCUT2D eigenvalue weighted by Gasteiger charge is -2.22. The van der Waals surface area contributed by atoms with E-state index in [-0.39, 0.29) is 0 Å². The lowest BCUT2D eigenvalue weighted by molar-refractivity contribution is 0.300. The maximum absolute atomic E-state index is 11.9. The number of halogens is 1. The van der Waals surface area contributed by atoms with Crippen LogP contribution in [-0.4, -0.2) is 14.9 Å². The standard InChI is InChI=1S/C14H16N2O3.C4H9Br/c17-13-11-7-4-8-15-12(11)16(14(18)19-13)9-10-5-2-1-3-6-10;1-2-3-4-5/h4,7-8,10H,1-3,5-6,9H2;2-4H2,1H3. The largest absolute Gasteiger partial charge is 0.423 e. The van der Waals surface area contributed by atoms with Crippen molar-refractivity contribution in [3.05, 3.63) is 39.3 Å². The van der Waals surface area contributed by atoms with E-state index in [2.05, 4.69) is 27.8 Å². The second-order valence-electron chi connectivity index (χ2n) is 6.19. The molecule has 0 saturated heterocycles. The van der Waals surface area contributed by atoms with Gasteiger partial charge in [0.25, 0.3) is 0 Å². The fourth-order valence-corrected chi connectivity index (χ4v) is 3.53. The molecular weight excluding hydrogens is 372 g/mol. The van der Waals surface area contributed by atoms with Crippen LogP contribution in [-0.2, 0) is 6.54 Å². The van der Waals surface area contributed by atoms with Gasteiger partial charge in [0.2, 0.25) is 0 Å². The topological polar surface area (TPSA) is 65.1 Å². The van der Waals surface area contributed by atoms with Crippen molar-refractivity contribution < 1.29 is 4.42 Å². The minimum atomic E-state index is -0.604. The van der Waals surface area contributed by atoms with Crippen molar-refractivity contribution in [3.8, 4) is 0 Å². The van der Waals surface area contributed by atoms with Gasteiger partial charge in [-0.05, 0) is 37.3 Å². The van der Waals surface area contributed by atoms with Crippen LogP contribution in [0.2, 0.25) is 0 Å². The monoisotopic (exact) mass is 396 g/mol. The van der Waals surface area contributed by atoms with Gasteiger partial charge in [0.15, 0.2) is 5.65 Å². The molecule has 6 heteroatoms. The molecular formula is C18H25BrN2O3. The van der Waals surface area contributed by atoms with E-state index < -0.39 is 11.4 Å². The molecule has 0 aliphatic heterocycles. The van der Waals surface area contributed by atoms with Crippen molar-refractivity contribution in [1.29, 1.82) is 0 Å². The van der Waals surface area contributed by atoms with E-state index in [0.717, 1.165) is 18.2 Å². The fourth-order valence-electron chi connectivity index (χ4n) is 2.97. The average molecular weight is 397 g/mol. The summed E-state index contributed by atoms with van der Waals surface area (Å²) in [6.45, 7) is 2.78. The molecule has 0 aromatic carbocycles. The first kappa shape index (κ1) is 18.9. The molecule has 2 aromatic heterocycles. The molecule has 3 rings (SSSR count). The number of pyridine rings is 1. The molecule has 1 aliphatic carbocycles. The number of nitrogens with zero attached hydrogens (tertiary/aromatic N) is 2. The second kappa shape index (κ2) is 9.77. The van der Waals surface area contributed by atoms with Crippen LogP contribution in [0.1, 0.15) is 51.9 Å². The Labute approximate surface area is 150 Å². The van der Waals surface area contributed by atoms with Gasteiger partial charge in [-0.15, -0.1) is 0 Å². The maximum atomic E-state index is 11.9. The lowest BCUT2D eigenvalue weighted by Crippen LogP contribution is -2.29. The second-order valence-corrected chi connectivity index (χ2v) is 6.98. The lowest BCUT2D eigenvalue weighted by atomic mass is 9.89. The van der Waals surface area contributed by atoms with Gasteiger partial charge in [-0.1, -0.05) is 48.5 Å². The van der Waals surface area contributed by atoms with Crippen molar-refractivity contribution in [1.82, 2.24) is 9.55 Å². The highest BCUT2D eigenvalue weighted by atomic mass is 79.9. The third-order valence-electron chi connectivity index (χ3n) is 4.32. The molecule has 0 atom stereocenters. The summed E-state index contributed by atoms with van der Waals surface area (Å²) in [5.41, 5.74) is -0.165. The summed E-state index contributed by atoms with van der Waals surface area (Å²) < 4.78 is 6.28. The molecule has 0 spiro atoms. The van der Waals surface area contributed by atoms with Crippen LogP contribution in [0.15, 0.2) is 32.3 Å². The summed E-state index contributed by atoms with van der Waals surface area (Å²) in [5, 5.41) is 1.53. The first-order chi connectivity index (χ1) is 11.7. The predicted molar refractivity (Wildman–Crippen MR) is 99.8 cm³/mol. The number of hydrogen-bond donors (Lipinski definition) is 0. The molecule has 0 amide bonds. The zero-order chi connectivity index (χ0) is 17.4. The highest BCUT2D eigenvalue weighted by molar-refractivity contribution is 9.09. The van der Waals surface area contributed by atoms with E-state index in [4.69, 9.17) is 4.42 Å². The highest BCUT2D eigenvalue weighted by Crippen LogP contribution is 2.25. The van der Waals surface area contributed by atoms with Crippen LogP contribution in [0.4, 0.5) is 0 Å². The molecule has 0 bridgehead atoms. The van der Waals surface area contributed by atoms with Gasteiger partial charge in [0.1, 0.15) is 5.39 Å². The Kier molecular flexibility index (Phi) is 7.69. The van der Waals surface area contributed by atoms with Gasteiger partial charge < -0.3 is 4.42 Å². The summed E-state index contributed by atoms with van der Waals surface area (Å²) in [6, 6.07) is 3.32. The van der Waals surface area contributed by atoms with Gasteiger partial charge in [-0.3, -0.25) is 4.57 Å². The van der Waals surface area contributed by atoms with Crippen molar-refractivity contribution in [2.24, 2.45) is 5.92 Å². The quantitative estimate of drug-likeness (QED) is 0.729. The Morgan fingerprint density at radius 1 is 1.29 bits per heavy atom. The molecule has 2 aromatic rings. The SMILES string of the molecule is CCCCBr.O=c1oc(=O)n(CC2CCCCC2)c2ncccc12. The zero-order valence-corrected chi connectivity index (χ0v) is 15.8. The van der Waals surface area contributed by atoms with Crippen molar-refractivity contribution in [2.75, 3.05) is 5.33 Å². The molecule has 5 nitrogen and oxygen atoms in total. The van der Waals surface area contributed by atoms with Crippen molar-refractivity contribution >= 4 is 27.0 Å². The molecule has 24 heavy (non-hydrogen) atoms. The summed E-state index contributed by atoms with van der Waals surface area (Å²) in [5.74, 6) is -0.119. The fraction of sp³-hybridized carbons (Fsp3) is 0.611. The van der Waals surface area contributed by atoms with Gasteiger partial charge in [-0.25, -0.2) is 14.6 Å². The minimum Gasteiger partial charge on any atom is -0.372 e. The third-order valence-corrected chi connectivity index (χ3v) is 4.88. The van der Waals surface area contributed by atoms with E-state index in [1.807, 2.05) is 0 Å². The minimum absolute atomic E-state index is 0.373. The van der Waals surface area contributed by atoms with E-state index in [9.17, 15) is 9.59 Å². The molecule has 2 heterocycles. The van der Waals surface area contributed by atoms with Crippen LogP contribution < -0.4 is 11.4 Å². The van der Waals surface area contributed by atoms with Gasteiger partial charge in [0, 0.05) is 18.1 Å². The van der Waals surface area contributed by atoms with Crippen LogP contribution in [0.3, 0.4) is 0 Å². The van der Waals surface area contributed by atoms with E-state index in [0.29, 0.717) is 23.5 Å². The van der Waals surface area contributed by atoms with Crippen molar-refractivity contribution in [2.45, 2.75) is 58.4 Å². The van der Waals surface area contributed by atoms with Gasteiger partial charge >= 0.3 is 11.4 Å². The molecule has 1 fully saturated rings. The molecule has 1 saturated carbocycles.